The number of carbonyl (C=O) groups excluding carboxylic acids is 1. The third-order valence-electron chi connectivity index (χ3n) is 6.07. The summed E-state index contributed by atoms with van der Waals surface area (Å²) in [5.41, 5.74) is 0.804. The first-order valence-corrected chi connectivity index (χ1v) is 11.1. The number of ether oxygens (including phenoxy) is 1. The summed E-state index contributed by atoms with van der Waals surface area (Å²) in [6, 6.07) is 11.0. The third-order valence-corrected chi connectivity index (χ3v) is 6.07. The van der Waals surface area contributed by atoms with Crippen LogP contribution in [0.1, 0.15) is 47.9 Å². The van der Waals surface area contributed by atoms with Gasteiger partial charge in [-0.05, 0) is 43.0 Å². The Morgan fingerprint density at radius 2 is 1.81 bits per heavy atom. The SMILES string of the molecule is O=C(CN1CCO[C@@H](c2cccc(Cc3ccccc3C(F)(F)F)n2)C1)N1CCCCC1. The Bertz CT molecular complexity index is 929. The van der Waals surface area contributed by atoms with Gasteiger partial charge in [-0.25, -0.2) is 0 Å². The number of hydrogen-bond donors (Lipinski definition) is 0. The van der Waals surface area contributed by atoms with Gasteiger partial charge in [-0.2, -0.15) is 13.2 Å². The van der Waals surface area contributed by atoms with E-state index in [4.69, 9.17) is 4.74 Å². The van der Waals surface area contributed by atoms with E-state index in [1.807, 2.05) is 11.0 Å². The van der Waals surface area contributed by atoms with Gasteiger partial charge in [-0.1, -0.05) is 24.3 Å². The van der Waals surface area contributed by atoms with Crippen LogP contribution in [0.15, 0.2) is 42.5 Å². The van der Waals surface area contributed by atoms with Crippen LogP contribution in [-0.4, -0.2) is 60.0 Å². The van der Waals surface area contributed by atoms with Crippen LogP contribution in [0.25, 0.3) is 0 Å². The maximum atomic E-state index is 13.3. The van der Waals surface area contributed by atoms with Gasteiger partial charge in [0, 0.05) is 38.3 Å². The van der Waals surface area contributed by atoms with Gasteiger partial charge in [0.05, 0.1) is 24.4 Å². The van der Waals surface area contributed by atoms with Crippen LogP contribution in [-0.2, 0) is 22.1 Å². The molecule has 0 bridgehead atoms. The number of alkyl halides is 3. The van der Waals surface area contributed by atoms with Gasteiger partial charge in [0.1, 0.15) is 6.10 Å². The first kappa shape index (κ1) is 22.7. The van der Waals surface area contributed by atoms with Crippen LogP contribution in [0.4, 0.5) is 13.2 Å². The smallest absolute Gasteiger partial charge is 0.369 e. The minimum atomic E-state index is -4.40. The topological polar surface area (TPSA) is 45.7 Å². The molecule has 1 atom stereocenters. The predicted octanol–water partition coefficient (Wildman–Crippen LogP) is 4.08. The lowest BCUT2D eigenvalue weighted by molar-refractivity contribution is -0.138. The number of benzene rings is 1. The van der Waals surface area contributed by atoms with Crippen molar-refractivity contribution in [2.45, 2.75) is 38.0 Å². The highest BCUT2D eigenvalue weighted by atomic mass is 19.4. The van der Waals surface area contributed by atoms with Crippen molar-refractivity contribution in [2.24, 2.45) is 0 Å². The quantitative estimate of drug-likeness (QED) is 0.693. The molecule has 8 heteroatoms. The minimum Gasteiger partial charge on any atom is -0.369 e. The molecule has 0 radical (unpaired) electrons. The molecule has 32 heavy (non-hydrogen) atoms. The number of amides is 1. The highest BCUT2D eigenvalue weighted by molar-refractivity contribution is 5.78. The number of aromatic nitrogens is 1. The van der Waals surface area contributed by atoms with E-state index in [1.54, 1.807) is 18.2 Å². The number of rotatable bonds is 5. The molecule has 2 saturated heterocycles. The van der Waals surface area contributed by atoms with E-state index in [9.17, 15) is 18.0 Å². The fourth-order valence-corrected chi connectivity index (χ4v) is 4.38. The average molecular weight is 448 g/mol. The van der Waals surface area contributed by atoms with Crippen molar-refractivity contribution in [1.29, 1.82) is 0 Å². The van der Waals surface area contributed by atoms with Gasteiger partial charge in [0.25, 0.3) is 0 Å². The molecule has 0 N–H and O–H groups in total. The summed E-state index contributed by atoms with van der Waals surface area (Å²) in [4.78, 5) is 21.2. The van der Waals surface area contributed by atoms with Gasteiger partial charge in [0.2, 0.25) is 5.91 Å². The van der Waals surface area contributed by atoms with Crippen molar-refractivity contribution < 1.29 is 22.7 Å². The lowest BCUT2D eigenvalue weighted by atomic mass is 10.0. The van der Waals surface area contributed by atoms with E-state index in [-0.39, 0.29) is 24.0 Å². The maximum Gasteiger partial charge on any atom is 0.416 e. The summed E-state index contributed by atoms with van der Waals surface area (Å²) < 4.78 is 45.9. The molecular weight excluding hydrogens is 419 g/mol. The number of halogens is 3. The maximum absolute atomic E-state index is 13.3. The molecule has 0 saturated carbocycles. The van der Waals surface area contributed by atoms with Gasteiger partial charge in [0.15, 0.2) is 0 Å². The molecular formula is C24H28F3N3O2. The second-order valence-electron chi connectivity index (χ2n) is 8.42. The van der Waals surface area contributed by atoms with Gasteiger partial charge < -0.3 is 9.64 Å². The number of likely N-dealkylation sites (tertiary alicyclic amines) is 1. The molecule has 4 rings (SSSR count). The normalized spacial score (nSPS) is 20.3. The van der Waals surface area contributed by atoms with Crippen molar-refractivity contribution in [1.82, 2.24) is 14.8 Å². The van der Waals surface area contributed by atoms with Crippen molar-refractivity contribution in [3.8, 4) is 0 Å². The molecule has 2 fully saturated rings. The largest absolute Gasteiger partial charge is 0.416 e. The van der Waals surface area contributed by atoms with Crippen molar-refractivity contribution >= 4 is 5.91 Å². The molecule has 2 aliphatic rings. The van der Waals surface area contributed by atoms with Crippen LogP contribution in [0.5, 0.6) is 0 Å². The highest BCUT2D eigenvalue weighted by Gasteiger charge is 2.33. The summed E-state index contributed by atoms with van der Waals surface area (Å²) in [5.74, 6) is 0.149. The second-order valence-corrected chi connectivity index (χ2v) is 8.42. The number of pyridine rings is 1. The van der Waals surface area contributed by atoms with E-state index < -0.39 is 11.7 Å². The molecule has 0 spiro atoms. The lowest BCUT2D eigenvalue weighted by Crippen LogP contribution is -2.46. The fourth-order valence-electron chi connectivity index (χ4n) is 4.38. The van der Waals surface area contributed by atoms with Crippen molar-refractivity contribution in [3.05, 3.63) is 65.0 Å². The monoisotopic (exact) mass is 447 g/mol. The van der Waals surface area contributed by atoms with E-state index in [1.165, 1.54) is 18.6 Å². The molecule has 0 unspecified atom stereocenters. The Hall–Kier alpha value is -2.45. The number of morpholine rings is 1. The molecule has 2 aliphatic heterocycles. The highest BCUT2D eigenvalue weighted by Crippen LogP contribution is 2.33. The summed E-state index contributed by atoms with van der Waals surface area (Å²) >= 11 is 0. The van der Waals surface area contributed by atoms with Gasteiger partial charge >= 0.3 is 6.18 Å². The van der Waals surface area contributed by atoms with E-state index in [2.05, 4.69) is 9.88 Å². The first-order valence-electron chi connectivity index (χ1n) is 11.1. The van der Waals surface area contributed by atoms with Crippen LogP contribution < -0.4 is 0 Å². The summed E-state index contributed by atoms with van der Waals surface area (Å²) in [5, 5.41) is 0. The molecule has 0 aliphatic carbocycles. The minimum absolute atomic E-state index is 0.0907. The zero-order valence-electron chi connectivity index (χ0n) is 18.0. The Morgan fingerprint density at radius 1 is 1.03 bits per heavy atom. The Labute approximate surface area is 186 Å². The Morgan fingerprint density at radius 3 is 2.59 bits per heavy atom. The third kappa shape index (κ3) is 5.66. The van der Waals surface area contributed by atoms with E-state index in [0.717, 1.165) is 32.0 Å². The predicted molar refractivity (Wildman–Crippen MR) is 114 cm³/mol. The number of nitrogens with zero attached hydrogens (tertiary/aromatic N) is 3. The molecule has 1 aromatic carbocycles. The van der Waals surface area contributed by atoms with Crippen LogP contribution >= 0.6 is 0 Å². The fraction of sp³-hybridized carbons (Fsp3) is 0.500. The molecule has 172 valence electrons. The summed E-state index contributed by atoms with van der Waals surface area (Å²) in [6.07, 6.45) is -1.32. The summed E-state index contributed by atoms with van der Waals surface area (Å²) in [7, 11) is 0. The number of hydrogen-bond acceptors (Lipinski definition) is 4. The average Bonchev–Trinajstić information content (AvgIpc) is 2.80. The molecule has 1 aromatic heterocycles. The van der Waals surface area contributed by atoms with Crippen molar-refractivity contribution in [2.75, 3.05) is 39.3 Å². The van der Waals surface area contributed by atoms with Gasteiger partial charge in [-0.15, -0.1) is 0 Å². The Kier molecular flexibility index (Phi) is 7.10. The van der Waals surface area contributed by atoms with Crippen molar-refractivity contribution in [3.63, 3.8) is 0 Å². The summed E-state index contributed by atoms with van der Waals surface area (Å²) in [6.45, 7) is 3.72. The van der Waals surface area contributed by atoms with Crippen LogP contribution in [0.2, 0.25) is 0 Å². The second kappa shape index (κ2) is 10.0. The lowest BCUT2D eigenvalue weighted by Gasteiger charge is -2.34. The molecule has 3 heterocycles. The Balaban J connectivity index is 1.42. The van der Waals surface area contributed by atoms with E-state index >= 15 is 0 Å². The van der Waals surface area contributed by atoms with Crippen LogP contribution in [0.3, 0.4) is 0 Å². The molecule has 5 nitrogen and oxygen atoms in total. The number of piperidine rings is 1. The van der Waals surface area contributed by atoms with Crippen LogP contribution in [0, 0.1) is 0 Å². The van der Waals surface area contributed by atoms with Gasteiger partial charge in [-0.3, -0.25) is 14.7 Å². The standard InChI is InChI=1S/C24H28F3N3O2/c25-24(26,27)20-9-3-2-7-18(20)15-19-8-6-10-21(28-19)22-16-29(13-14-32-22)17-23(31)30-11-4-1-5-12-30/h2-3,6-10,22H,1,4-5,11-17H2/t22-/m1/s1. The van der Waals surface area contributed by atoms with E-state index in [0.29, 0.717) is 37.6 Å². The zero-order chi connectivity index (χ0) is 22.6. The zero-order valence-corrected chi connectivity index (χ0v) is 18.0. The number of carbonyl (C=O) groups is 1. The first-order chi connectivity index (χ1) is 15.4. The molecule has 2 aromatic rings. The molecule has 1 amide bonds.